The number of nitrogens with two attached hydrogens (primary N) is 1. The van der Waals surface area contributed by atoms with E-state index in [0.29, 0.717) is 11.1 Å². The first-order valence-electron chi connectivity index (χ1n) is 12.1. The highest BCUT2D eigenvalue weighted by molar-refractivity contribution is 7.89. The van der Waals surface area contributed by atoms with Crippen molar-refractivity contribution in [3.05, 3.63) is 40.3 Å². The lowest BCUT2D eigenvalue weighted by Crippen LogP contribution is -2.68. The summed E-state index contributed by atoms with van der Waals surface area (Å²) in [7, 11) is -4.06. The minimum Gasteiger partial charge on any atom is -0.507 e. The van der Waals surface area contributed by atoms with Gasteiger partial charge in [-0.05, 0) is 49.8 Å². The van der Waals surface area contributed by atoms with E-state index in [1.807, 2.05) is 0 Å². The summed E-state index contributed by atoms with van der Waals surface area (Å²) in [6, 6.07) is 2.64. The van der Waals surface area contributed by atoms with E-state index in [2.05, 4.69) is 9.88 Å². The zero-order valence-corrected chi connectivity index (χ0v) is 21.7. The SMILES string of the molecule is Cc1noc(C)c1S(=O)(=O)NCc1ccc(O)c2c1C[C@H]1C[C@H]3CC(=O)C(C(N)=O)C(=O)[C@@]3(O)C(=O)C1C2=O. The molecule has 2 unspecified atom stereocenters. The van der Waals surface area contributed by atoms with Gasteiger partial charge in [-0.2, -0.15) is 0 Å². The molecular weight excluding hydrogens is 534 g/mol. The molecule has 2 aromatic rings. The number of phenolic OH excluding ortho intramolecular Hbond substituents is 1. The Morgan fingerprint density at radius 3 is 2.49 bits per heavy atom. The van der Waals surface area contributed by atoms with Crippen LogP contribution in [-0.2, 0) is 42.2 Å². The van der Waals surface area contributed by atoms with Crippen molar-refractivity contribution in [2.24, 2.45) is 29.4 Å². The molecule has 5 rings (SSSR count). The molecule has 3 aliphatic carbocycles. The number of aryl methyl sites for hydroxylation is 2. The standard InChI is InChI=1S/C25H25N3O10S/c1-9-21(10(2)38-28-9)39(36,37)27-8-11-3-4-15(29)18-14(11)6-12-5-13-7-16(30)19(24(26)34)23(33)25(13,35)22(32)17(12)20(18)31/h3-4,12-13,17,19,27,29,35H,5-8H2,1-2H3,(H2,26,34)/t12-,13+,17?,19?,25+/m1/s1. The van der Waals surface area contributed by atoms with E-state index >= 15 is 0 Å². The Labute approximate surface area is 221 Å². The first-order valence-corrected chi connectivity index (χ1v) is 13.6. The molecule has 39 heavy (non-hydrogen) atoms. The maximum atomic E-state index is 13.6. The third-order valence-electron chi connectivity index (χ3n) is 8.07. The largest absolute Gasteiger partial charge is 0.507 e. The molecule has 0 aliphatic heterocycles. The lowest BCUT2D eigenvalue weighted by Gasteiger charge is -2.48. The van der Waals surface area contributed by atoms with E-state index in [4.69, 9.17) is 10.3 Å². The maximum Gasteiger partial charge on any atom is 0.246 e. The number of aliphatic hydroxyl groups is 1. The van der Waals surface area contributed by atoms with E-state index in [9.17, 15) is 42.6 Å². The molecule has 1 aromatic heterocycles. The van der Waals surface area contributed by atoms with Gasteiger partial charge in [0.1, 0.15) is 16.3 Å². The highest BCUT2D eigenvalue weighted by Crippen LogP contribution is 2.50. The number of carbonyl (C=O) groups excluding carboxylic acids is 5. The molecule has 5 N–H and O–H groups in total. The van der Waals surface area contributed by atoms with Crippen molar-refractivity contribution < 1.29 is 47.1 Å². The third kappa shape index (κ3) is 3.85. The average Bonchev–Trinajstić information content (AvgIpc) is 3.19. The van der Waals surface area contributed by atoms with Crippen molar-refractivity contribution in [2.45, 2.75) is 50.2 Å². The van der Waals surface area contributed by atoms with Crippen LogP contribution in [-0.4, -0.2) is 58.4 Å². The smallest absolute Gasteiger partial charge is 0.246 e. The molecule has 1 aromatic carbocycles. The monoisotopic (exact) mass is 559 g/mol. The Balaban J connectivity index is 1.50. The number of primary amides is 1. The molecule has 0 spiro atoms. The highest BCUT2D eigenvalue weighted by atomic mass is 32.2. The number of rotatable bonds is 5. The topological polar surface area (TPSA) is 224 Å². The van der Waals surface area contributed by atoms with Crippen molar-refractivity contribution >= 4 is 39.1 Å². The molecule has 2 saturated carbocycles. The molecule has 13 nitrogen and oxygen atoms in total. The second kappa shape index (κ2) is 8.89. The average molecular weight is 560 g/mol. The Bertz CT molecular complexity index is 1570. The van der Waals surface area contributed by atoms with Gasteiger partial charge in [-0.3, -0.25) is 24.0 Å². The molecule has 2 fully saturated rings. The molecule has 0 bridgehead atoms. The summed E-state index contributed by atoms with van der Waals surface area (Å²) < 4.78 is 33.2. The number of nitrogens with zero attached hydrogens (tertiary/aromatic N) is 1. The van der Waals surface area contributed by atoms with Crippen LogP contribution in [0.25, 0.3) is 0 Å². The van der Waals surface area contributed by atoms with Gasteiger partial charge in [0.2, 0.25) is 15.9 Å². The summed E-state index contributed by atoms with van der Waals surface area (Å²) in [5.41, 5.74) is 3.06. The maximum absolute atomic E-state index is 13.6. The number of aromatic nitrogens is 1. The fraction of sp³-hybridized carbons (Fsp3) is 0.440. The van der Waals surface area contributed by atoms with E-state index in [1.165, 1.54) is 26.0 Å². The van der Waals surface area contributed by atoms with E-state index in [-0.39, 0.29) is 41.3 Å². The van der Waals surface area contributed by atoms with Gasteiger partial charge < -0.3 is 20.5 Å². The molecule has 5 atom stereocenters. The zero-order valence-electron chi connectivity index (χ0n) is 20.9. The fourth-order valence-corrected chi connectivity index (χ4v) is 7.63. The molecule has 0 saturated heterocycles. The third-order valence-corrected chi connectivity index (χ3v) is 9.72. The summed E-state index contributed by atoms with van der Waals surface area (Å²) in [4.78, 5) is 64.2. The molecular formula is C25H25N3O10S. The Morgan fingerprint density at radius 2 is 1.87 bits per heavy atom. The number of ketones is 4. The van der Waals surface area contributed by atoms with Gasteiger partial charge in [-0.25, -0.2) is 13.1 Å². The summed E-state index contributed by atoms with van der Waals surface area (Å²) >= 11 is 0. The minimum absolute atomic E-state index is 0.0302. The lowest BCUT2D eigenvalue weighted by atomic mass is 9.53. The highest BCUT2D eigenvalue weighted by Gasteiger charge is 2.66. The van der Waals surface area contributed by atoms with Crippen LogP contribution in [0.3, 0.4) is 0 Å². The second-order valence-corrected chi connectivity index (χ2v) is 12.0. The first-order chi connectivity index (χ1) is 18.2. The van der Waals surface area contributed by atoms with Crippen LogP contribution < -0.4 is 10.5 Å². The van der Waals surface area contributed by atoms with Gasteiger partial charge in [-0.1, -0.05) is 11.2 Å². The van der Waals surface area contributed by atoms with Gasteiger partial charge in [-0.15, -0.1) is 0 Å². The molecule has 3 aliphatic rings. The second-order valence-electron chi connectivity index (χ2n) is 10.3. The number of Topliss-reactive ketones (excluding diaryl/α,β-unsaturated/α-hetero) is 4. The van der Waals surface area contributed by atoms with E-state index in [0.717, 1.165) is 0 Å². The molecule has 1 heterocycles. The summed E-state index contributed by atoms with van der Waals surface area (Å²) in [5.74, 6) is -11.1. The molecule has 14 heteroatoms. The summed E-state index contributed by atoms with van der Waals surface area (Å²) in [6.45, 7) is 2.65. The number of hydrogen-bond donors (Lipinski definition) is 4. The number of amides is 1. The van der Waals surface area contributed by atoms with Crippen molar-refractivity contribution in [3.63, 3.8) is 0 Å². The zero-order chi connectivity index (χ0) is 28.6. The van der Waals surface area contributed by atoms with Crippen LogP contribution in [0.15, 0.2) is 21.6 Å². The van der Waals surface area contributed by atoms with Crippen LogP contribution in [0.2, 0.25) is 0 Å². The summed E-state index contributed by atoms with van der Waals surface area (Å²) in [6.07, 6.45) is -0.487. The van der Waals surface area contributed by atoms with Gasteiger partial charge in [0.25, 0.3) is 0 Å². The lowest BCUT2D eigenvalue weighted by molar-refractivity contribution is -0.175. The normalized spacial score (nSPS) is 28.6. The number of phenols is 1. The van der Waals surface area contributed by atoms with E-state index < -0.39 is 80.5 Å². The van der Waals surface area contributed by atoms with E-state index in [1.54, 1.807) is 0 Å². The molecule has 206 valence electrons. The van der Waals surface area contributed by atoms with Crippen LogP contribution in [0.5, 0.6) is 5.75 Å². The predicted molar refractivity (Wildman–Crippen MR) is 129 cm³/mol. The van der Waals surface area contributed by atoms with Crippen LogP contribution >= 0.6 is 0 Å². The number of aromatic hydroxyl groups is 1. The fourth-order valence-electron chi connectivity index (χ4n) is 6.30. The Kier molecular flexibility index (Phi) is 6.12. The van der Waals surface area contributed by atoms with Gasteiger partial charge in [0.05, 0.1) is 11.5 Å². The first kappa shape index (κ1) is 26.8. The number of hydrogen-bond acceptors (Lipinski definition) is 11. The minimum atomic E-state index is -4.06. The Hall–Kier alpha value is -3.75. The van der Waals surface area contributed by atoms with Gasteiger partial charge in [0, 0.05) is 18.9 Å². The molecule has 1 amide bonds. The number of carbonyl (C=O) groups is 5. The van der Waals surface area contributed by atoms with Crippen LogP contribution in [0, 0.1) is 37.5 Å². The number of nitrogens with one attached hydrogen (secondary N) is 1. The van der Waals surface area contributed by atoms with Crippen LogP contribution in [0.4, 0.5) is 0 Å². The van der Waals surface area contributed by atoms with Crippen molar-refractivity contribution in [1.29, 1.82) is 0 Å². The molecule has 0 radical (unpaired) electrons. The van der Waals surface area contributed by atoms with Crippen molar-refractivity contribution in [1.82, 2.24) is 9.88 Å². The van der Waals surface area contributed by atoms with Crippen LogP contribution in [0.1, 0.15) is 45.8 Å². The predicted octanol–water partition coefficient (Wildman–Crippen LogP) is -0.590. The number of fused-ring (bicyclic) bond motifs is 3. The Morgan fingerprint density at radius 1 is 1.18 bits per heavy atom. The quantitative estimate of drug-likeness (QED) is 0.339. The van der Waals surface area contributed by atoms with Gasteiger partial charge in [0.15, 0.2) is 40.4 Å². The van der Waals surface area contributed by atoms with Crippen molar-refractivity contribution in [3.8, 4) is 5.75 Å². The summed E-state index contributed by atoms with van der Waals surface area (Å²) in [5, 5.41) is 25.4. The van der Waals surface area contributed by atoms with Crippen molar-refractivity contribution in [2.75, 3.05) is 0 Å². The van der Waals surface area contributed by atoms with Gasteiger partial charge >= 0.3 is 0 Å². The number of sulfonamides is 1. The number of benzene rings is 1.